The van der Waals surface area contributed by atoms with Crippen LogP contribution in [-0.4, -0.2) is 62.0 Å². The Bertz CT molecular complexity index is 10200. The summed E-state index contributed by atoms with van der Waals surface area (Å²) in [5.74, 6) is 0.859. The summed E-state index contributed by atoms with van der Waals surface area (Å²) >= 11 is 25.3. The van der Waals surface area contributed by atoms with Gasteiger partial charge in [0.25, 0.3) is 0 Å². The highest BCUT2D eigenvalue weighted by Crippen LogP contribution is 2.50. The first-order valence-electron chi connectivity index (χ1n) is 48.1. The lowest BCUT2D eigenvalue weighted by Crippen LogP contribution is -2.02. The Kier molecular flexibility index (Phi) is 22.3. The molecule has 145 heavy (non-hydrogen) atoms. The quantitative estimate of drug-likeness (QED) is 0.0509. The Morgan fingerprint density at radius 2 is 0.552 bits per heavy atom. The maximum Gasteiger partial charge on any atom is 0.140 e. The lowest BCUT2D eigenvalue weighted by Gasteiger charge is -2.13. The molecule has 3 aliphatic rings. The number of hydrogen-bond donors (Lipinski definition) is 11. The third-order valence-electron chi connectivity index (χ3n) is 29.1. The van der Waals surface area contributed by atoms with E-state index in [0.29, 0.717) is 0 Å². The van der Waals surface area contributed by atoms with E-state index in [1.807, 2.05) is 12.3 Å². The van der Waals surface area contributed by atoms with Gasteiger partial charge in [0.15, 0.2) is 0 Å². The predicted octanol–water partition coefficient (Wildman–Crippen LogP) is 36.4. The average molecular weight is 2330 g/mol. The van der Waals surface area contributed by atoms with Crippen LogP contribution >= 0.6 is 112 Å². The van der Waals surface area contributed by atoms with Crippen LogP contribution in [0.15, 0.2) is 387 Å². The van der Waals surface area contributed by atoms with E-state index < -0.39 is 0 Å². The molecular formula is C123H82Br7N15. The third kappa shape index (κ3) is 15.9. The van der Waals surface area contributed by atoms with Crippen molar-refractivity contribution in [2.45, 2.75) is 45.8 Å². The molecular weight excluding hydrogens is 2250 g/mol. The Morgan fingerprint density at radius 1 is 0.248 bits per heavy atom. The van der Waals surface area contributed by atoms with Gasteiger partial charge in [-0.15, -0.1) is 0 Å². The zero-order valence-electron chi connectivity index (χ0n) is 77.5. The fraction of sp³-hybridized carbons (Fsp3) is 0.0569. The van der Waals surface area contributed by atoms with E-state index in [9.17, 15) is 0 Å². The van der Waals surface area contributed by atoms with Gasteiger partial charge in [-0.25, -0.2) is 4.98 Å². The van der Waals surface area contributed by atoms with Crippen molar-refractivity contribution < 1.29 is 0 Å². The smallest absolute Gasteiger partial charge is 0.140 e. The molecule has 0 bridgehead atoms. The number of halogens is 7. The van der Waals surface area contributed by atoms with Crippen LogP contribution in [0.1, 0.15) is 55.8 Å². The van der Waals surface area contributed by atoms with E-state index in [1.54, 1.807) is 0 Å². The molecule has 27 aromatic rings. The Labute approximate surface area is 888 Å². The van der Waals surface area contributed by atoms with Gasteiger partial charge in [-0.05, 0) is 263 Å². The lowest BCUT2D eigenvalue weighted by atomic mass is 9.92. The summed E-state index contributed by atoms with van der Waals surface area (Å²) in [6, 6.07) is 108. The molecule has 0 saturated carbocycles. The number of aliphatic imine (C=N–C) groups is 3. The fourth-order valence-electron chi connectivity index (χ4n) is 22.3. The van der Waals surface area contributed by atoms with Crippen LogP contribution in [0.3, 0.4) is 0 Å². The van der Waals surface area contributed by atoms with Gasteiger partial charge in [-0.1, -0.05) is 251 Å². The van der Waals surface area contributed by atoms with E-state index in [4.69, 9.17) is 20.0 Å². The third-order valence-corrected chi connectivity index (χ3v) is 32.6. The van der Waals surface area contributed by atoms with E-state index in [2.05, 4.69) is 502 Å². The molecule has 22 heteroatoms. The van der Waals surface area contributed by atoms with Crippen molar-refractivity contribution >= 4 is 336 Å². The van der Waals surface area contributed by atoms with E-state index in [0.717, 1.165) is 199 Å². The SMILES string of the molecule is Brc1ccc2[nH]cc(-c3nc4c5cc(Br)ccc5c5ccc(Br)cc5c4[nH]3)c2c1.Brc1ccc2[nH]cc(CNc3ccc4c(c3)c3c(c5ccccc54)N=C(c4c[nH]c5ccc(Br)cc45)C3)c2c1.Brc1ccc2[nH]cc(CNc3ccc4c(c3)c3c(c5ccccc54)N=C(c4c[nH]c5ccccc45)C3)c2c1.Cc1[nH]c2ccccc2c1C1=Nc2c(c3cc(NCc4c[nH]c5ccc(Br)cc45)ccc3c3ccccc23)C1. The van der Waals surface area contributed by atoms with Crippen LogP contribution in [0.2, 0.25) is 0 Å². The molecule has 0 spiro atoms. The minimum atomic E-state index is 0.740. The van der Waals surface area contributed by atoms with Gasteiger partial charge in [-0.3, -0.25) is 15.0 Å². The number of anilines is 3. The van der Waals surface area contributed by atoms with Gasteiger partial charge in [0.1, 0.15) is 5.82 Å². The number of H-pyrrole nitrogens is 8. The predicted molar refractivity (Wildman–Crippen MR) is 633 cm³/mol. The number of aryl methyl sites for hydroxylation is 1. The summed E-state index contributed by atoms with van der Waals surface area (Å²) in [6.07, 6.45) is 14.9. The summed E-state index contributed by atoms with van der Waals surface area (Å²) in [7, 11) is 0. The molecule has 8 aromatic heterocycles. The summed E-state index contributed by atoms with van der Waals surface area (Å²) in [4.78, 5) is 48.4. The Hall–Kier alpha value is -14.7. The van der Waals surface area contributed by atoms with E-state index in [-0.39, 0.29) is 0 Å². The minimum Gasteiger partial charge on any atom is -0.381 e. The zero-order chi connectivity index (χ0) is 97.1. The second-order valence-electron chi connectivity index (χ2n) is 37.6. The summed E-state index contributed by atoms with van der Waals surface area (Å²) < 4.78 is 7.47. The van der Waals surface area contributed by atoms with Crippen molar-refractivity contribution in [1.82, 2.24) is 44.9 Å². The molecule has 0 unspecified atom stereocenters. The van der Waals surface area contributed by atoms with Crippen LogP contribution < -0.4 is 16.0 Å². The first-order valence-corrected chi connectivity index (χ1v) is 53.6. The lowest BCUT2D eigenvalue weighted by molar-refractivity contribution is 1.16. The molecule has 0 amide bonds. The van der Waals surface area contributed by atoms with Crippen molar-refractivity contribution in [2.75, 3.05) is 16.0 Å². The van der Waals surface area contributed by atoms with Crippen LogP contribution in [0.4, 0.5) is 34.1 Å². The first kappa shape index (κ1) is 89.2. The number of hydrogen-bond acceptors (Lipinski definition) is 7. The highest BCUT2D eigenvalue weighted by molar-refractivity contribution is 9.11. The highest BCUT2D eigenvalue weighted by atomic mass is 79.9. The molecule has 11 N–H and O–H groups in total. The highest BCUT2D eigenvalue weighted by Gasteiger charge is 2.30. The fourth-order valence-corrected chi connectivity index (χ4v) is 24.8. The number of nitrogens with zero attached hydrogens (tertiary/aromatic N) is 4. The largest absolute Gasteiger partial charge is 0.381 e. The summed E-state index contributed by atoms with van der Waals surface area (Å²) in [5.41, 5.74) is 33.4. The standard InChI is InChI=1S/C34H25BrN4.C33H22Br2N4.C33H23BrN4.C23H12Br3N3/c1-19-33(26-8-4-5-9-31(26)38-19)32-16-29-28-15-22(36-17-20-18-37-30-13-10-21(35)14-27(20)30)11-12-24(28)23-6-2-3-7-25(23)34(29)39-32;34-19-5-9-30-25(11-19)18(16-37-30)15-36-21-7-8-23-22-3-1-2-4-24(22)33-28(26(23)13-21)14-32(39-33)29-17-38-31-10-6-20(35)12-27(29)31;34-20-9-12-31-26(13-20)19(17-36-31)16-35-21-10-11-23-22-5-1-2-7-25(22)33-28(27(23)14-21)15-32(38-33)29-18-37-30-8-4-3-6-24(29)30;24-11-1-4-14-15-5-2-12(25)9-18(15)22-21(17(14)8-11)28-23(29-22)19-10-27-20-6-3-13(26)7-16(19)20/h2-15,18,36-38H,16-17H2,1H3;1-13,16-17,36-38H,14-15H2;1-14,17-18,35-37H,15-16H2;1-10,27H,(H,28,29). The summed E-state index contributed by atoms with van der Waals surface area (Å²) in [5, 5.41) is 39.2. The monoisotopic (exact) mass is 2320 g/mol. The van der Waals surface area contributed by atoms with Gasteiger partial charge >= 0.3 is 0 Å². The number of aromatic nitrogens is 9. The van der Waals surface area contributed by atoms with Crippen molar-refractivity contribution in [3.63, 3.8) is 0 Å². The molecule has 0 aliphatic carbocycles. The maximum absolute atomic E-state index is 5.31. The summed E-state index contributed by atoms with van der Waals surface area (Å²) in [6.45, 7) is 4.38. The molecule has 0 saturated heterocycles. The normalized spacial score (nSPS) is 12.8. The number of nitrogens with one attached hydrogen (secondary N) is 11. The van der Waals surface area contributed by atoms with Crippen molar-refractivity contribution in [3.05, 3.63) is 428 Å². The molecule has 0 radical (unpaired) electrons. The molecule has 0 atom stereocenters. The number of rotatable bonds is 13. The van der Waals surface area contributed by atoms with Crippen LogP contribution in [0.5, 0.6) is 0 Å². The van der Waals surface area contributed by atoms with Gasteiger partial charge in [0, 0.05) is 256 Å². The van der Waals surface area contributed by atoms with Crippen LogP contribution in [0.25, 0.3) is 185 Å². The molecule has 19 aromatic carbocycles. The van der Waals surface area contributed by atoms with E-state index >= 15 is 0 Å². The number of imidazole rings is 1. The van der Waals surface area contributed by atoms with Gasteiger partial charge in [-0.2, -0.15) is 0 Å². The van der Waals surface area contributed by atoms with Crippen molar-refractivity contribution in [1.29, 1.82) is 0 Å². The molecule has 15 nitrogen and oxygen atoms in total. The van der Waals surface area contributed by atoms with Gasteiger partial charge < -0.3 is 55.8 Å². The van der Waals surface area contributed by atoms with Crippen molar-refractivity contribution in [2.24, 2.45) is 15.0 Å². The van der Waals surface area contributed by atoms with Gasteiger partial charge in [0.2, 0.25) is 0 Å². The molecule has 698 valence electrons. The number of para-hydroxylation sites is 2. The Balaban J connectivity index is 0.0000000966. The maximum atomic E-state index is 5.31. The van der Waals surface area contributed by atoms with Gasteiger partial charge in [0.05, 0.1) is 45.2 Å². The number of benzene rings is 19. The minimum absolute atomic E-state index is 0.740. The second kappa shape index (κ2) is 36.2. The molecule has 0 fully saturated rings. The first-order chi connectivity index (χ1) is 71.1. The number of aromatic amines is 8. The topological polar surface area (TPSA) is 212 Å². The Morgan fingerprint density at radius 3 is 1.00 bits per heavy atom. The second-order valence-corrected chi connectivity index (χ2v) is 44.0. The molecule has 30 rings (SSSR count). The van der Waals surface area contributed by atoms with E-state index in [1.165, 1.54) is 163 Å². The van der Waals surface area contributed by atoms with Crippen LogP contribution in [0, 0.1) is 6.92 Å². The van der Waals surface area contributed by atoms with Crippen LogP contribution in [-0.2, 0) is 38.9 Å². The zero-order valence-corrected chi connectivity index (χ0v) is 88.6. The molecule has 11 heterocycles. The van der Waals surface area contributed by atoms with Crippen molar-refractivity contribution in [3.8, 4) is 11.4 Å². The average Bonchev–Trinajstić information content (AvgIpc) is 1.59. The molecule has 3 aliphatic heterocycles. The number of fused-ring (bicyclic) bond motifs is 31.